The number of nitrogens with zero attached hydrogens (tertiary/aromatic N) is 1. The van der Waals surface area contributed by atoms with Gasteiger partial charge in [-0.25, -0.2) is 0 Å². The highest BCUT2D eigenvalue weighted by molar-refractivity contribution is 5.94. The summed E-state index contributed by atoms with van der Waals surface area (Å²) in [6, 6.07) is 7.55. The molecule has 0 radical (unpaired) electrons. The lowest BCUT2D eigenvalue weighted by atomic mass is 9.90. The molecule has 1 fully saturated rings. The van der Waals surface area contributed by atoms with Crippen molar-refractivity contribution in [3.63, 3.8) is 0 Å². The van der Waals surface area contributed by atoms with Crippen molar-refractivity contribution in [1.82, 2.24) is 4.90 Å². The van der Waals surface area contributed by atoms with Crippen molar-refractivity contribution in [2.45, 2.75) is 31.7 Å². The van der Waals surface area contributed by atoms with Crippen LogP contribution in [0.1, 0.15) is 36.0 Å². The van der Waals surface area contributed by atoms with Gasteiger partial charge in [0.25, 0.3) is 5.91 Å². The second-order valence-electron chi connectivity index (χ2n) is 4.89. The molecule has 0 unspecified atom stereocenters. The van der Waals surface area contributed by atoms with Gasteiger partial charge in [-0.3, -0.25) is 4.79 Å². The molecule has 0 atom stereocenters. The minimum absolute atomic E-state index is 0.0563. The smallest absolute Gasteiger partial charge is 0.254 e. The lowest BCUT2D eigenvalue weighted by Gasteiger charge is -2.37. The predicted octanol–water partition coefficient (Wildman–Crippen LogP) is 2.07. The SMILES string of the molecule is COc1ccc(C(=O)N(CCCO)C2CCC2)cc1. The molecule has 0 heterocycles. The van der Waals surface area contributed by atoms with Gasteiger partial charge < -0.3 is 14.7 Å². The summed E-state index contributed by atoms with van der Waals surface area (Å²) in [6.07, 6.45) is 3.98. The largest absolute Gasteiger partial charge is 0.497 e. The van der Waals surface area contributed by atoms with E-state index >= 15 is 0 Å². The molecule has 1 aromatic rings. The Labute approximate surface area is 114 Å². The van der Waals surface area contributed by atoms with Crippen LogP contribution in [0.5, 0.6) is 5.75 Å². The fourth-order valence-corrected chi connectivity index (χ4v) is 2.29. The summed E-state index contributed by atoms with van der Waals surface area (Å²) in [5.74, 6) is 0.808. The number of benzene rings is 1. The third-order valence-electron chi connectivity index (χ3n) is 3.67. The van der Waals surface area contributed by atoms with Crippen LogP contribution in [0.2, 0.25) is 0 Å². The third kappa shape index (κ3) is 3.26. The zero-order valence-corrected chi connectivity index (χ0v) is 11.3. The van der Waals surface area contributed by atoms with Gasteiger partial charge in [0.1, 0.15) is 5.75 Å². The third-order valence-corrected chi connectivity index (χ3v) is 3.67. The summed E-state index contributed by atoms with van der Waals surface area (Å²) in [5.41, 5.74) is 0.686. The van der Waals surface area contributed by atoms with Crippen molar-refractivity contribution < 1.29 is 14.6 Å². The van der Waals surface area contributed by atoms with E-state index in [1.54, 1.807) is 31.4 Å². The first-order valence-electron chi connectivity index (χ1n) is 6.82. The highest BCUT2D eigenvalue weighted by atomic mass is 16.5. The number of rotatable bonds is 6. The average Bonchev–Trinajstić information content (AvgIpc) is 2.40. The number of methoxy groups -OCH3 is 1. The zero-order chi connectivity index (χ0) is 13.7. The van der Waals surface area contributed by atoms with Crippen LogP contribution in [0, 0.1) is 0 Å². The van der Waals surface area contributed by atoms with Gasteiger partial charge in [0.05, 0.1) is 7.11 Å². The molecule has 4 nitrogen and oxygen atoms in total. The first-order valence-corrected chi connectivity index (χ1v) is 6.82. The second kappa shape index (κ2) is 6.57. The molecule has 1 amide bonds. The molecule has 1 aliphatic carbocycles. The lowest BCUT2D eigenvalue weighted by molar-refractivity contribution is 0.0562. The van der Waals surface area contributed by atoms with Gasteiger partial charge in [-0.05, 0) is 49.9 Å². The number of carbonyl (C=O) groups is 1. The molecular formula is C15H21NO3. The van der Waals surface area contributed by atoms with E-state index in [0.717, 1.165) is 18.6 Å². The number of carbonyl (C=O) groups excluding carboxylic acids is 1. The fourth-order valence-electron chi connectivity index (χ4n) is 2.29. The Bertz CT molecular complexity index is 412. The van der Waals surface area contributed by atoms with Gasteiger partial charge in [-0.15, -0.1) is 0 Å². The Morgan fingerprint density at radius 2 is 2.05 bits per heavy atom. The molecule has 0 aromatic heterocycles. The first-order chi connectivity index (χ1) is 9.26. The maximum atomic E-state index is 12.5. The van der Waals surface area contributed by atoms with Crippen molar-refractivity contribution in [2.75, 3.05) is 20.3 Å². The Morgan fingerprint density at radius 3 is 2.53 bits per heavy atom. The molecule has 4 heteroatoms. The van der Waals surface area contributed by atoms with E-state index in [-0.39, 0.29) is 12.5 Å². The van der Waals surface area contributed by atoms with Crippen molar-refractivity contribution in [2.24, 2.45) is 0 Å². The number of hydrogen-bond donors (Lipinski definition) is 1. The van der Waals surface area contributed by atoms with E-state index in [4.69, 9.17) is 9.84 Å². The highest BCUT2D eigenvalue weighted by Gasteiger charge is 2.28. The van der Waals surface area contributed by atoms with Crippen molar-refractivity contribution in [3.05, 3.63) is 29.8 Å². The Hall–Kier alpha value is -1.55. The number of ether oxygens (including phenoxy) is 1. The van der Waals surface area contributed by atoms with E-state index in [1.807, 2.05) is 4.90 Å². The molecule has 1 aromatic carbocycles. The molecule has 0 spiro atoms. The van der Waals surface area contributed by atoms with Crippen molar-refractivity contribution in [1.29, 1.82) is 0 Å². The van der Waals surface area contributed by atoms with Gasteiger partial charge in [0, 0.05) is 24.8 Å². The standard InChI is InChI=1S/C15H21NO3/c1-19-14-8-6-12(7-9-14)15(18)16(10-3-11-17)13-4-2-5-13/h6-9,13,17H,2-5,10-11H2,1H3. The molecule has 0 bridgehead atoms. The second-order valence-corrected chi connectivity index (χ2v) is 4.89. The van der Waals surface area contributed by atoms with Crippen LogP contribution < -0.4 is 4.74 Å². The Kier molecular flexibility index (Phi) is 4.80. The van der Waals surface area contributed by atoms with E-state index in [1.165, 1.54) is 6.42 Å². The monoisotopic (exact) mass is 263 g/mol. The molecule has 2 rings (SSSR count). The molecule has 0 aliphatic heterocycles. The normalized spacial score (nSPS) is 14.8. The lowest BCUT2D eigenvalue weighted by Crippen LogP contribution is -2.44. The fraction of sp³-hybridized carbons (Fsp3) is 0.533. The Balaban J connectivity index is 2.08. The molecule has 1 saturated carbocycles. The molecule has 1 aliphatic rings. The summed E-state index contributed by atoms with van der Waals surface area (Å²) in [6.45, 7) is 0.755. The molecular weight excluding hydrogens is 242 g/mol. The van der Waals surface area contributed by atoms with Gasteiger partial charge in [0.15, 0.2) is 0 Å². The zero-order valence-electron chi connectivity index (χ0n) is 11.3. The van der Waals surface area contributed by atoms with Crippen LogP contribution in [0.3, 0.4) is 0 Å². The van der Waals surface area contributed by atoms with E-state index in [9.17, 15) is 4.79 Å². The topological polar surface area (TPSA) is 49.8 Å². The first kappa shape index (κ1) is 13.9. The van der Waals surface area contributed by atoms with Gasteiger partial charge in [-0.2, -0.15) is 0 Å². The maximum absolute atomic E-state index is 12.5. The van der Waals surface area contributed by atoms with Crippen LogP contribution in [0.15, 0.2) is 24.3 Å². The van der Waals surface area contributed by atoms with E-state index in [2.05, 4.69) is 0 Å². The van der Waals surface area contributed by atoms with Gasteiger partial charge in [0.2, 0.25) is 0 Å². The van der Waals surface area contributed by atoms with Crippen LogP contribution >= 0.6 is 0 Å². The summed E-state index contributed by atoms with van der Waals surface area (Å²) in [5, 5.41) is 8.95. The minimum Gasteiger partial charge on any atom is -0.497 e. The van der Waals surface area contributed by atoms with Crippen LogP contribution in [-0.4, -0.2) is 42.2 Å². The van der Waals surface area contributed by atoms with Gasteiger partial charge >= 0.3 is 0 Å². The maximum Gasteiger partial charge on any atom is 0.254 e. The van der Waals surface area contributed by atoms with Crippen LogP contribution in [-0.2, 0) is 0 Å². The number of aliphatic hydroxyl groups is 1. The predicted molar refractivity (Wildman–Crippen MR) is 73.4 cm³/mol. The number of hydrogen-bond acceptors (Lipinski definition) is 3. The average molecular weight is 263 g/mol. The summed E-state index contributed by atoms with van der Waals surface area (Å²) < 4.78 is 5.10. The van der Waals surface area contributed by atoms with E-state index < -0.39 is 0 Å². The summed E-state index contributed by atoms with van der Waals surface area (Å²) in [4.78, 5) is 14.4. The molecule has 0 saturated heterocycles. The van der Waals surface area contributed by atoms with Crippen LogP contribution in [0.4, 0.5) is 0 Å². The molecule has 19 heavy (non-hydrogen) atoms. The molecule has 104 valence electrons. The van der Waals surface area contributed by atoms with E-state index in [0.29, 0.717) is 24.6 Å². The van der Waals surface area contributed by atoms with Gasteiger partial charge in [-0.1, -0.05) is 0 Å². The van der Waals surface area contributed by atoms with Crippen molar-refractivity contribution >= 4 is 5.91 Å². The highest BCUT2D eigenvalue weighted by Crippen LogP contribution is 2.26. The Morgan fingerprint density at radius 1 is 1.37 bits per heavy atom. The quantitative estimate of drug-likeness (QED) is 0.854. The van der Waals surface area contributed by atoms with Crippen LogP contribution in [0.25, 0.3) is 0 Å². The molecule has 1 N–H and O–H groups in total. The van der Waals surface area contributed by atoms with Crippen molar-refractivity contribution in [3.8, 4) is 5.75 Å². The summed E-state index contributed by atoms with van der Waals surface area (Å²) in [7, 11) is 1.61. The number of amides is 1. The summed E-state index contributed by atoms with van der Waals surface area (Å²) >= 11 is 0. The minimum atomic E-state index is 0.0563. The number of aliphatic hydroxyl groups excluding tert-OH is 1.